The lowest BCUT2D eigenvalue weighted by Gasteiger charge is -2.18. The average molecular weight is 323 g/mol. The minimum Gasteiger partial charge on any atom is -0.341 e. The summed E-state index contributed by atoms with van der Waals surface area (Å²) in [6, 6.07) is 10.5. The van der Waals surface area contributed by atoms with Crippen LogP contribution in [0.15, 0.2) is 41.3 Å². The van der Waals surface area contributed by atoms with Gasteiger partial charge in [0.1, 0.15) is 5.39 Å². The number of nitrogens with one attached hydrogen (secondary N) is 1. The Morgan fingerprint density at radius 3 is 2.75 bits per heavy atom. The standard InChI is InChI=1S/C18H21N5O/c1-22(12-13-7-3-2-4-8-13)18-20-16-15(17(24)21-18)11-19-23(16)14-9-5-6-10-14/h2-4,7-8,11,14H,5-6,9-10,12H2,1H3,(H,20,21,24). The zero-order valence-corrected chi connectivity index (χ0v) is 13.8. The fraction of sp³-hybridized carbons (Fsp3) is 0.389. The van der Waals surface area contributed by atoms with Gasteiger partial charge >= 0.3 is 0 Å². The summed E-state index contributed by atoms with van der Waals surface area (Å²) in [4.78, 5) is 22.0. The second-order valence-electron chi connectivity index (χ2n) is 6.50. The maximum absolute atomic E-state index is 12.4. The van der Waals surface area contributed by atoms with E-state index in [-0.39, 0.29) is 5.56 Å². The summed E-state index contributed by atoms with van der Waals surface area (Å²) in [5.74, 6) is 0.580. The Kier molecular flexibility index (Phi) is 3.80. The van der Waals surface area contributed by atoms with Crippen molar-refractivity contribution < 1.29 is 0 Å². The van der Waals surface area contributed by atoms with Gasteiger partial charge in [0.25, 0.3) is 5.56 Å². The van der Waals surface area contributed by atoms with E-state index in [1.807, 2.05) is 34.8 Å². The molecule has 1 aliphatic rings. The van der Waals surface area contributed by atoms with Gasteiger partial charge in [-0.15, -0.1) is 0 Å². The highest BCUT2D eigenvalue weighted by atomic mass is 16.1. The molecule has 0 atom stereocenters. The van der Waals surface area contributed by atoms with E-state index in [1.54, 1.807) is 6.20 Å². The minimum absolute atomic E-state index is 0.126. The van der Waals surface area contributed by atoms with Crippen molar-refractivity contribution in [1.82, 2.24) is 19.7 Å². The van der Waals surface area contributed by atoms with E-state index in [0.29, 0.717) is 29.6 Å². The highest BCUT2D eigenvalue weighted by molar-refractivity contribution is 5.74. The summed E-state index contributed by atoms with van der Waals surface area (Å²) >= 11 is 0. The Balaban J connectivity index is 1.70. The first-order chi connectivity index (χ1) is 11.7. The summed E-state index contributed by atoms with van der Waals surface area (Å²) in [6.07, 6.45) is 6.30. The monoisotopic (exact) mass is 323 g/mol. The fourth-order valence-corrected chi connectivity index (χ4v) is 3.45. The minimum atomic E-state index is -0.126. The molecule has 124 valence electrons. The normalized spacial score (nSPS) is 15.2. The summed E-state index contributed by atoms with van der Waals surface area (Å²) in [6.45, 7) is 0.687. The molecule has 6 nitrogen and oxygen atoms in total. The van der Waals surface area contributed by atoms with Crippen LogP contribution < -0.4 is 10.5 Å². The fourth-order valence-electron chi connectivity index (χ4n) is 3.45. The predicted octanol–water partition coefficient (Wildman–Crippen LogP) is 2.87. The number of fused-ring (bicyclic) bond motifs is 1. The number of benzene rings is 1. The molecule has 2 aromatic heterocycles. The molecule has 1 aliphatic carbocycles. The molecule has 0 amide bonds. The summed E-state index contributed by atoms with van der Waals surface area (Å²) in [7, 11) is 1.94. The lowest BCUT2D eigenvalue weighted by Crippen LogP contribution is -2.23. The maximum Gasteiger partial charge on any atom is 0.263 e. The number of aromatic amines is 1. The summed E-state index contributed by atoms with van der Waals surface area (Å²) in [5.41, 5.74) is 1.74. The molecule has 2 heterocycles. The molecular formula is C18H21N5O. The van der Waals surface area contributed by atoms with Gasteiger partial charge in [-0.05, 0) is 18.4 Å². The van der Waals surface area contributed by atoms with E-state index in [9.17, 15) is 4.79 Å². The Morgan fingerprint density at radius 2 is 2.00 bits per heavy atom. The number of hydrogen-bond donors (Lipinski definition) is 1. The van der Waals surface area contributed by atoms with Crippen LogP contribution in [0.25, 0.3) is 11.0 Å². The molecule has 4 rings (SSSR count). The highest BCUT2D eigenvalue weighted by Crippen LogP contribution is 2.30. The highest BCUT2D eigenvalue weighted by Gasteiger charge is 2.21. The van der Waals surface area contributed by atoms with Crippen LogP contribution in [0, 0.1) is 0 Å². The van der Waals surface area contributed by atoms with Crippen LogP contribution in [-0.4, -0.2) is 26.8 Å². The molecule has 24 heavy (non-hydrogen) atoms. The third-order valence-corrected chi connectivity index (χ3v) is 4.75. The predicted molar refractivity (Wildman–Crippen MR) is 94.2 cm³/mol. The molecule has 0 aliphatic heterocycles. The lowest BCUT2D eigenvalue weighted by atomic mass is 10.2. The van der Waals surface area contributed by atoms with Gasteiger partial charge in [-0.1, -0.05) is 43.2 Å². The van der Waals surface area contributed by atoms with Crippen molar-refractivity contribution >= 4 is 17.0 Å². The third-order valence-electron chi connectivity index (χ3n) is 4.75. The molecule has 1 aromatic carbocycles. The zero-order valence-electron chi connectivity index (χ0n) is 13.8. The quantitative estimate of drug-likeness (QED) is 0.802. The molecule has 3 aromatic rings. The van der Waals surface area contributed by atoms with Gasteiger partial charge in [-0.2, -0.15) is 10.1 Å². The van der Waals surface area contributed by atoms with Gasteiger partial charge in [0.2, 0.25) is 5.95 Å². The smallest absolute Gasteiger partial charge is 0.263 e. The Labute approximate surface area is 140 Å². The molecule has 1 saturated carbocycles. The van der Waals surface area contributed by atoms with E-state index in [4.69, 9.17) is 4.98 Å². The molecular weight excluding hydrogens is 302 g/mol. The molecule has 1 N–H and O–H groups in total. The number of anilines is 1. The lowest BCUT2D eigenvalue weighted by molar-refractivity contribution is 0.478. The van der Waals surface area contributed by atoms with Crippen molar-refractivity contribution in [3.63, 3.8) is 0 Å². The molecule has 0 unspecified atom stereocenters. The number of H-pyrrole nitrogens is 1. The Morgan fingerprint density at radius 1 is 1.25 bits per heavy atom. The van der Waals surface area contributed by atoms with Crippen LogP contribution in [0.3, 0.4) is 0 Å². The van der Waals surface area contributed by atoms with Gasteiger partial charge in [-0.25, -0.2) is 4.68 Å². The van der Waals surface area contributed by atoms with Crippen LogP contribution >= 0.6 is 0 Å². The summed E-state index contributed by atoms with van der Waals surface area (Å²) in [5, 5.41) is 5.01. The Bertz CT molecular complexity index is 893. The van der Waals surface area contributed by atoms with Crippen LogP contribution in [0.1, 0.15) is 37.3 Å². The first kappa shape index (κ1) is 14.9. The largest absolute Gasteiger partial charge is 0.341 e. The van der Waals surface area contributed by atoms with Crippen molar-refractivity contribution in [1.29, 1.82) is 0 Å². The first-order valence-corrected chi connectivity index (χ1v) is 8.45. The second-order valence-corrected chi connectivity index (χ2v) is 6.50. The average Bonchev–Trinajstić information content (AvgIpc) is 3.24. The molecule has 0 radical (unpaired) electrons. The molecule has 0 saturated heterocycles. The van der Waals surface area contributed by atoms with Crippen molar-refractivity contribution in [3.05, 3.63) is 52.4 Å². The van der Waals surface area contributed by atoms with E-state index < -0.39 is 0 Å². The first-order valence-electron chi connectivity index (χ1n) is 8.45. The zero-order chi connectivity index (χ0) is 16.5. The molecule has 0 bridgehead atoms. The topological polar surface area (TPSA) is 66.8 Å². The number of aromatic nitrogens is 4. The van der Waals surface area contributed by atoms with Crippen molar-refractivity contribution in [2.24, 2.45) is 0 Å². The molecule has 6 heteroatoms. The van der Waals surface area contributed by atoms with Gasteiger partial charge in [0.05, 0.1) is 12.2 Å². The maximum atomic E-state index is 12.4. The van der Waals surface area contributed by atoms with E-state index in [1.165, 1.54) is 18.4 Å². The van der Waals surface area contributed by atoms with E-state index in [0.717, 1.165) is 12.8 Å². The number of rotatable bonds is 4. The number of nitrogens with zero attached hydrogens (tertiary/aromatic N) is 4. The van der Waals surface area contributed by atoms with Gasteiger partial charge < -0.3 is 4.90 Å². The van der Waals surface area contributed by atoms with Gasteiger partial charge in [-0.3, -0.25) is 9.78 Å². The summed E-state index contributed by atoms with van der Waals surface area (Å²) < 4.78 is 1.94. The van der Waals surface area contributed by atoms with E-state index >= 15 is 0 Å². The Hall–Kier alpha value is -2.63. The SMILES string of the molecule is CN(Cc1ccccc1)c1nc2c(cnn2C2CCCC2)c(=O)[nH]1. The van der Waals surface area contributed by atoms with Crippen molar-refractivity contribution in [2.75, 3.05) is 11.9 Å². The van der Waals surface area contributed by atoms with Crippen LogP contribution in [0.2, 0.25) is 0 Å². The van der Waals surface area contributed by atoms with E-state index in [2.05, 4.69) is 22.2 Å². The molecule has 1 fully saturated rings. The second kappa shape index (κ2) is 6.11. The van der Waals surface area contributed by atoms with Crippen LogP contribution in [0.4, 0.5) is 5.95 Å². The van der Waals surface area contributed by atoms with Crippen molar-refractivity contribution in [2.45, 2.75) is 38.3 Å². The van der Waals surface area contributed by atoms with Crippen molar-refractivity contribution in [3.8, 4) is 0 Å². The third kappa shape index (κ3) is 2.68. The van der Waals surface area contributed by atoms with Crippen LogP contribution in [0.5, 0.6) is 0 Å². The van der Waals surface area contributed by atoms with Gasteiger partial charge in [0, 0.05) is 13.6 Å². The van der Waals surface area contributed by atoms with Gasteiger partial charge in [0.15, 0.2) is 5.65 Å². The molecule has 0 spiro atoms. The van der Waals surface area contributed by atoms with Crippen LogP contribution in [-0.2, 0) is 6.54 Å². The number of hydrogen-bond acceptors (Lipinski definition) is 4.